The molecule has 0 aliphatic heterocycles. The first-order chi connectivity index (χ1) is 8.10. The van der Waals surface area contributed by atoms with Gasteiger partial charge in [0.15, 0.2) is 0 Å². The van der Waals surface area contributed by atoms with Gasteiger partial charge in [0.05, 0.1) is 5.69 Å². The predicted octanol–water partition coefficient (Wildman–Crippen LogP) is 3.82. The SMILES string of the molecule is CCc1nc(=S)cc(-c2cc(F)ccc2C)[nH]1. The van der Waals surface area contributed by atoms with E-state index in [2.05, 4.69) is 9.97 Å². The highest BCUT2D eigenvalue weighted by molar-refractivity contribution is 7.71. The van der Waals surface area contributed by atoms with E-state index in [1.807, 2.05) is 13.8 Å². The average Bonchev–Trinajstić information content (AvgIpc) is 2.31. The van der Waals surface area contributed by atoms with E-state index in [0.717, 1.165) is 29.1 Å². The van der Waals surface area contributed by atoms with Gasteiger partial charge in [-0.05, 0) is 30.7 Å². The Morgan fingerprint density at radius 2 is 2.12 bits per heavy atom. The third-order valence-corrected chi connectivity index (χ3v) is 2.83. The summed E-state index contributed by atoms with van der Waals surface area (Å²) in [6, 6.07) is 6.48. The number of rotatable bonds is 2. The zero-order chi connectivity index (χ0) is 12.4. The maximum absolute atomic E-state index is 13.3. The Kier molecular flexibility index (Phi) is 3.33. The van der Waals surface area contributed by atoms with Crippen molar-refractivity contribution < 1.29 is 4.39 Å². The van der Waals surface area contributed by atoms with Gasteiger partial charge in [0.2, 0.25) is 0 Å². The molecule has 0 saturated heterocycles. The second-order valence-electron chi connectivity index (χ2n) is 3.89. The zero-order valence-corrected chi connectivity index (χ0v) is 10.6. The van der Waals surface area contributed by atoms with Crippen LogP contribution in [0, 0.1) is 17.4 Å². The molecule has 0 aliphatic rings. The van der Waals surface area contributed by atoms with Crippen LogP contribution >= 0.6 is 12.2 Å². The largest absolute Gasteiger partial charge is 0.343 e. The number of H-pyrrole nitrogens is 1. The Hall–Kier alpha value is -1.55. The van der Waals surface area contributed by atoms with Gasteiger partial charge < -0.3 is 4.98 Å². The Balaban J connectivity index is 2.63. The monoisotopic (exact) mass is 248 g/mol. The van der Waals surface area contributed by atoms with Crippen LogP contribution in [0.2, 0.25) is 0 Å². The summed E-state index contributed by atoms with van der Waals surface area (Å²) in [5.41, 5.74) is 2.65. The molecule has 2 nitrogen and oxygen atoms in total. The standard InChI is InChI=1S/C13H13FN2S/c1-3-12-15-11(7-13(17)16-12)10-6-9(14)5-4-8(10)2/h4-7H,3H2,1-2H3,(H,15,16,17). The van der Waals surface area contributed by atoms with Crippen molar-refractivity contribution in [3.05, 3.63) is 46.1 Å². The molecule has 1 aromatic carbocycles. The highest BCUT2D eigenvalue weighted by atomic mass is 32.1. The average molecular weight is 248 g/mol. The number of nitrogens with one attached hydrogen (secondary N) is 1. The van der Waals surface area contributed by atoms with Crippen molar-refractivity contribution in [2.24, 2.45) is 0 Å². The van der Waals surface area contributed by atoms with Crippen LogP contribution in [-0.4, -0.2) is 9.97 Å². The molecule has 88 valence electrons. The summed E-state index contributed by atoms with van der Waals surface area (Å²) in [4.78, 5) is 7.37. The molecule has 0 bridgehead atoms. The van der Waals surface area contributed by atoms with Crippen LogP contribution in [0.4, 0.5) is 4.39 Å². The minimum absolute atomic E-state index is 0.250. The van der Waals surface area contributed by atoms with Crippen molar-refractivity contribution in [2.45, 2.75) is 20.3 Å². The summed E-state index contributed by atoms with van der Waals surface area (Å²) in [6.45, 7) is 3.94. The van der Waals surface area contributed by atoms with Crippen LogP contribution in [0.3, 0.4) is 0 Å². The molecule has 1 N–H and O–H groups in total. The normalized spacial score (nSPS) is 10.5. The van der Waals surface area contributed by atoms with Crippen molar-refractivity contribution >= 4 is 12.2 Å². The fraction of sp³-hybridized carbons (Fsp3) is 0.231. The summed E-state index contributed by atoms with van der Waals surface area (Å²) in [5, 5.41) is 0. The van der Waals surface area contributed by atoms with E-state index in [4.69, 9.17) is 12.2 Å². The van der Waals surface area contributed by atoms with Crippen LogP contribution in [-0.2, 0) is 6.42 Å². The van der Waals surface area contributed by atoms with Gasteiger partial charge in [0, 0.05) is 12.0 Å². The van der Waals surface area contributed by atoms with Gasteiger partial charge >= 0.3 is 0 Å². The third-order valence-electron chi connectivity index (χ3n) is 2.62. The molecule has 4 heteroatoms. The highest BCUT2D eigenvalue weighted by Crippen LogP contribution is 2.22. The zero-order valence-electron chi connectivity index (χ0n) is 9.75. The fourth-order valence-corrected chi connectivity index (χ4v) is 1.93. The minimum Gasteiger partial charge on any atom is -0.343 e. The van der Waals surface area contributed by atoms with Crippen LogP contribution in [0.15, 0.2) is 24.3 Å². The van der Waals surface area contributed by atoms with E-state index in [9.17, 15) is 4.39 Å². The Bertz CT molecular complexity index is 605. The molecule has 0 radical (unpaired) electrons. The highest BCUT2D eigenvalue weighted by Gasteiger charge is 2.05. The molecule has 0 saturated carbocycles. The molecule has 2 aromatic rings. The molecular formula is C13H13FN2S. The van der Waals surface area contributed by atoms with Gasteiger partial charge in [-0.3, -0.25) is 0 Å². The van der Waals surface area contributed by atoms with Crippen LogP contribution in [0.5, 0.6) is 0 Å². The summed E-state index contributed by atoms with van der Waals surface area (Å²) in [6.07, 6.45) is 0.770. The number of hydrogen-bond donors (Lipinski definition) is 1. The Labute approximate surface area is 105 Å². The molecule has 1 heterocycles. The van der Waals surface area contributed by atoms with Crippen molar-refractivity contribution in [1.82, 2.24) is 9.97 Å². The molecule has 1 aromatic heterocycles. The van der Waals surface area contributed by atoms with Gasteiger partial charge in [-0.15, -0.1) is 0 Å². The van der Waals surface area contributed by atoms with E-state index in [0.29, 0.717) is 4.64 Å². The number of hydrogen-bond acceptors (Lipinski definition) is 2. The number of nitrogens with zero attached hydrogens (tertiary/aromatic N) is 1. The maximum atomic E-state index is 13.3. The van der Waals surface area contributed by atoms with Gasteiger partial charge in [-0.2, -0.15) is 0 Å². The molecule has 0 atom stereocenters. The van der Waals surface area contributed by atoms with Crippen LogP contribution in [0.1, 0.15) is 18.3 Å². The van der Waals surface area contributed by atoms with Gasteiger partial charge in [0.25, 0.3) is 0 Å². The van der Waals surface area contributed by atoms with Crippen LogP contribution < -0.4 is 0 Å². The van der Waals surface area contributed by atoms with E-state index in [-0.39, 0.29) is 5.82 Å². The molecule has 17 heavy (non-hydrogen) atoms. The van der Waals surface area contributed by atoms with Gasteiger partial charge in [0.1, 0.15) is 16.3 Å². The third kappa shape index (κ3) is 2.58. The molecular weight excluding hydrogens is 235 g/mol. The molecule has 0 amide bonds. The number of aryl methyl sites for hydroxylation is 2. The lowest BCUT2D eigenvalue weighted by Crippen LogP contribution is -1.96. The topological polar surface area (TPSA) is 28.7 Å². The summed E-state index contributed by atoms with van der Waals surface area (Å²) >= 11 is 5.10. The molecule has 0 aliphatic carbocycles. The van der Waals surface area contributed by atoms with Gasteiger partial charge in [-0.25, -0.2) is 9.37 Å². The lowest BCUT2D eigenvalue weighted by molar-refractivity contribution is 0.628. The minimum atomic E-state index is -0.250. The lowest BCUT2D eigenvalue weighted by Gasteiger charge is -2.08. The van der Waals surface area contributed by atoms with Crippen molar-refractivity contribution in [3.63, 3.8) is 0 Å². The number of halogens is 1. The number of aromatic amines is 1. The second kappa shape index (κ2) is 4.75. The van der Waals surface area contributed by atoms with Gasteiger partial charge in [-0.1, -0.05) is 25.2 Å². The first-order valence-electron chi connectivity index (χ1n) is 5.47. The van der Waals surface area contributed by atoms with Crippen molar-refractivity contribution in [2.75, 3.05) is 0 Å². The quantitative estimate of drug-likeness (QED) is 0.818. The Morgan fingerprint density at radius 3 is 2.82 bits per heavy atom. The smallest absolute Gasteiger partial charge is 0.130 e. The Morgan fingerprint density at radius 1 is 1.35 bits per heavy atom. The molecule has 0 unspecified atom stereocenters. The molecule has 2 rings (SSSR count). The van der Waals surface area contributed by atoms with Crippen LogP contribution in [0.25, 0.3) is 11.3 Å². The predicted molar refractivity (Wildman–Crippen MR) is 68.9 cm³/mol. The molecule has 0 fully saturated rings. The summed E-state index contributed by atoms with van der Waals surface area (Å²) < 4.78 is 13.8. The fourth-order valence-electron chi connectivity index (χ4n) is 1.71. The van der Waals surface area contributed by atoms with Crippen molar-refractivity contribution in [3.8, 4) is 11.3 Å². The van der Waals surface area contributed by atoms with E-state index < -0.39 is 0 Å². The van der Waals surface area contributed by atoms with E-state index >= 15 is 0 Å². The maximum Gasteiger partial charge on any atom is 0.130 e. The summed E-state index contributed by atoms with van der Waals surface area (Å²) in [5.74, 6) is 0.566. The lowest BCUT2D eigenvalue weighted by atomic mass is 10.1. The second-order valence-corrected chi connectivity index (χ2v) is 4.31. The van der Waals surface area contributed by atoms with E-state index in [1.165, 1.54) is 12.1 Å². The number of aromatic nitrogens is 2. The van der Waals surface area contributed by atoms with E-state index in [1.54, 1.807) is 12.1 Å². The number of benzene rings is 1. The molecule has 0 spiro atoms. The first-order valence-corrected chi connectivity index (χ1v) is 5.87. The first kappa shape index (κ1) is 11.9. The summed E-state index contributed by atoms with van der Waals surface area (Å²) in [7, 11) is 0. The van der Waals surface area contributed by atoms with Crippen molar-refractivity contribution in [1.29, 1.82) is 0 Å².